The van der Waals surface area contributed by atoms with Crippen molar-refractivity contribution in [2.24, 2.45) is 10.7 Å². The normalized spacial score (nSPS) is 16.1. The summed E-state index contributed by atoms with van der Waals surface area (Å²) in [5.74, 6) is 0. The van der Waals surface area contributed by atoms with E-state index in [1.165, 1.54) is 0 Å². The Morgan fingerprint density at radius 3 is 2.62 bits per heavy atom. The molecule has 0 aliphatic rings. The Morgan fingerprint density at radius 1 is 2.00 bits per heavy atom. The lowest BCUT2D eigenvalue weighted by molar-refractivity contribution is 0.204. The number of aliphatic hydroxyl groups excluding tert-OH is 1. The van der Waals surface area contributed by atoms with Crippen molar-refractivity contribution in [2.45, 2.75) is 13.0 Å². The lowest BCUT2D eigenvalue weighted by atomic mass is 10.4. The number of rotatable bonds is 2. The average molecular weight is 137 g/mol. The third-order valence-electron chi connectivity index (χ3n) is 0.507. The summed E-state index contributed by atoms with van der Waals surface area (Å²) in [7, 11) is 0. The Bertz CT molecular complexity index is 88.0. The van der Waals surface area contributed by atoms with Crippen LogP contribution in [0.2, 0.25) is 0 Å². The minimum absolute atomic E-state index is 0.00843. The van der Waals surface area contributed by atoms with E-state index in [1.54, 1.807) is 6.92 Å². The molecule has 1 unspecified atom stereocenters. The Balaban J connectivity index is 3.29. The first-order valence-electron chi connectivity index (χ1n) is 2.26. The molecule has 0 aliphatic heterocycles. The predicted octanol–water partition coefficient (Wildman–Crippen LogP) is -0.0793. The summed E-state index contributed by atoms with van der Waals surface area (Å²) in [5, 5.41) is 8.57. The highest BCUT2D eigenvalue weighted by Crippen LogP contribution is 1.82. The van der Waals surface area contributed by atoms with E-state index in [0.717, 1.165) is 0 Å². The molecule has 0 aromatic rings. The molecule has 0 bridgehead atoms. The van der Waals surface area contributed by atoms with Crippen LogP contribution in [0.25, 0.3) is 0 Å². The largest absolute Gasteiger partial charge is 0.391 e. The van der Waals surface area contributed by atoms with E-state index in [9.17, 15) is 0 Å². The zero-order chi connectivity index (χ0) is 6.57. The van der Waals surface area contributed by atoms with Gasteiger partial charge in [0.15, 0.2) is 5.29 Å². The van der Waals surface area contributed by atoms with E-state index >= 15 is 0 Å². The van der Waals surface area contributed by atoms with E-state index in [0.29, 0.717) is 0 Å². The maximum atomic E-state index is 8.58. The summed E-state index contributed by atoms with van der Waals surface area (Å²) in [4.78, 5) is 3.53. The fourth-order valence-electron chi connectivity index (χ4n) is 0.219. The molecule has 3 nitrogen and oxygen atoms in total. The highest BCUT2D eigenvalue weighted by molar-refractivity contribution is 6.64. The average Bonchev–Trinajstić information content (AvgIpc) is 1.61. The van der Waals surface area contributed by atoms with Crippen molar-refractivity contribution in [3.05, 3.63) is 0 Å². The van der Waals surface area contributed by atoms with Crippen LogP contribution in [-0.2, 0) is 0 Å². The van der Waals surface area contributed by atoms with Gasteiger partial charge in [-0.05, 0) is 18.5 Å². The van der Waals surface area contributed by atoms with Crippen LogP contribution in [0.4, 0.5) is 0 Å². The van der Waals surface area contributed by atoms with Crippen molar-refractivity contribution in [1.29, 1.82) is 0 Å². The maximum absolute atomic E-state index is 8.58. The van der Waals surface area contributed by atoms with Crippen molar-refractivity contribution in [1.82, 2.24) is 0 Å². The highest BCUT2D eigenvalue weighted by atomic mass is 35.5. The van der Waals surface area contributed by atoms with Crippen LogP contribution >= 0.6 is 11.6 Å². The molecular formula is C4H9ClN2O. The zero-order valence-corrected chi connectivity index (χ0v) is 5.39. The highest BCUT2D eigenvalue weighted by Gasteiger charge is 1.90. The van der Waals surface area contributed by atoms with Gasteiger partial charge in [0.25, 0.3) is 0 Å². The second kappa shape index (κ2) is 3.69. The van der Waals surface area contributed by atoms with Crippen LogP contribution in [0.3, 0.4) is 0 Å². The van der Waals surface area contributed by atoms with Crippen LogP contribution in [0.15, 0.2) is 4.99 Å². The van der Waals surface area contributed by atoms with E-state index in [2.05, 4.69) is 4.99 Å². The number of halogens is 1. The number of aliphatic hydroxyl groups is 1. The lowest BCUT2D eigenvalue weighted by Gasteiger charge is -1.95. The van der Waals surface area contributed by atoms with E-state index in [4.69, 9.17) is 22.4 Å². The maximum Gasteiger partial charge on any atom is 0.188 e. The molecule has 0 aromatic heterocycles. The first-order valence-corrected chi connectivity index (χ1v) is 2.64. The summed E-state index contributed by atoms with van der Waals surface area (Å²) < 4.78 is 0. The summed E-state index contributed by atoms with van der Waals surface area (Å²) in [6.45, 7) is 1.89. The van der Waals surface area contributed by atoms with Crippen LogP contribution in [-0.4, -0.2) is 23.1 Å². The van der Waals surface area contributed by atoms with Gasteiger partial charge in [-0.25, -0.2) is 0 Å². The number of aliphatic imine (C=N–C) groups is 1. The molecule has 0 saturated heterocycles. The fraction of sp³-hybridized carbons (Fsp3) is 0.750. The van der Waals surface area contributed by atoms with E-state index in [1.807, 2.05) is 0 Å². The minimum atomic E-state index is -0.465. The van der Waals surface area contributed by atoms with Crippen LogP contribution in [0, 0.1) is 0 Å². The number of hydrogen-bond donors (Lipinski definition) is 2. The van der Waals surface area contributed by atoms with Gasteiger partial charge in [0.05, 0.1) is 12.6 Å². The number of hydrogen-bond acceptors (Lipinski definition) is 2. The number of nitrogens with two attached hydrogens (primary N) is 1. The summed E-state index contributed by atoms with van der Waals surface area (Å²) in [6, 6.07) is 0. The first-order chi connectivity index (χ1) is 3.63. The van der Waals surface area contributed by atoms with Crippen molar-refractivity contribution in [3.8, 4) is 0 Å². The number of amidine groups is 1. The van der Waals surface area contributed by atoms with E-state index in [-0.39, 0.29) is 11.8 Å². The summed E-state index contributed by atoms with van der Waals surface area (Å²) in [6.07, 6.45) is -0.465. The standard InChI is InChI=1S/C4H9ClN2O/c1-3(8)2-7-4(5)6/h3,8H,2H2,1H3,(H2,6,7). The molecule has 0 spiro atoms. The van der Waals surface area contributed by atoms with Gasteiger partial charge in [-0.3, -0.25) is 4.99 Å². The molecule has 8 heavy (non-hydrogen) atoms. The lowest BCUT2D eigenvalue weighted by Crippen LogP contribution is -2.09. The van der Waals surface area contributed by atoms with Gasteiger partial charge in [0.2, 0.25) is 0 Å². The summed E-state index contributed by atoms with van der Waals surface area (Å²) in [5.41, 5.74) is 4.95. The first kappa shape index (κ1) is 7.72. The molecule has 0 saturated carbocycles. The van der Waals surface area contributed by atoms with Gasteiger partial charge in [-0.1, -0.05) is 0 Å². The topological polar surface area (TPSA) is 58.6 Å². The Kier molecular flexibility index (Phi) is 3.56. The van der Waals surface area contributed by atoms with Gasteiger partial charge in [0, 0.05) is 0 Å². The van der Waals surface area contributed by atoms with Crippen molar-refractivity contribution in [3.63, 3.8) is 0 Å². The van der Waals surface area contributed by atoms with Crippen LogP contribution in [0.1, 0.15) is 6.92 Å². The molecule has 0 rings (SSSR count). The third kappa shape index (κ3) is 5.72. The van der Waals surface area contributed by atoms with Gasteiger partial charge >= 0.3 is 0 Å². The van der Waals surface area contributed by atoms with Gasteiger partial charge in [-0.2, -0.15) is 0 Å². The van der Waals surface area contributed by atoms with Crippen molar-refractivity contribution < 1.29 is 5.11 Å². The van der Waals surface area contributed by atoms with Gasteiger partial charge in [-0.15, -0.1) is 0 Å². The van der Waals surface area contributed by atoms with Crippen molar-refractivity contribution in [2.75, 3.05) is 6.54 Å². The quantitative estimate of drug-likeness (QED) is 0.317. The van der Waals surface area contributed by atoms with Crippen LogP contribution in [0.5, 0.6) is 0 Å². The molecule has 0 aliphatic carbocycles. The smallest absolute Gasteiger partial charge is 0.188 e. The molecule has 4 heteroatoms. The SMILES string of the molecule is CC(O)CN=C(N)Cl. The molecule has 0 aromatic carbocycles. The second-order valence-electron chi connectivity index (χ2n) is 1.51. The summed E-state index contributed by atoms with van der Waals surface area (Å²) >= 11 is 5.14. The van der Waals surface area contributed by atoms with Crippen LogP contribution < -0.4 is 5.73 Å². The second-order valence-corrected chi connectivity index (χ2v) is 1.90. The Labute approximate surface area is 53.2 Å². The van der Waals surface area contributed by atoms with Crippen molar-refractivity contribution >= 4 is 16.9 Å². The minimum Gasteiger partial charge on any atom is -0.391 e. The molecule has 48 valence electrons. The van der Waals surface area contributed by atoms with E-state index < -0.39 is 6.10 Å². The molecule has 0 heterocycles. The molecule has 3 N–H and O–H groups in total. The molecular weight excluding hydrogens is 128 g/mol. The van der Waals surface area contributed by atoms with Gasteiger partial charge < -0.3 is 10.8 Å². The number of nitrogens with zero attached hydrogens (tertiary/aromatic N) is 1. The fourth-order valence-corrected chi connectivity index (χ4v) is 0.288. The predicted molar refractivity (Wildman–Crippen MR) is 34.0 cm³/mol. The molecule has 0 radical (unpaired) electrons. The molecule has 0 amide bonds. The Hall–Kier alpha value is -0.280. The third-order valence-corrected chi connectivity index (χ3v) is 0.626. The molecule has 1 atom stereocenters. The Morgan fingerprint density at radius 2 is 2.50 bits per heavy atom. The molecule has 0 fully saturated rings. The zero-order valence-electron chi connectivity index (χ0n) is 4.63. The van der Waals surface area contributed by atoms with Gasteiger partial charge in [0.1, 0.15) is 0 Å². The monoisotopic (exact) mass is 136 g/mol.